The number of carbonyl (C=O) groups excluding carboxylic acids is 1. The minimum atomic E-state index is -3.92. The molecule has 2 aromatic carbocycles. The molecule has 0 saturated carbocycles. The second-order valence-electron chi connectivity index (χ2n) is 6.55. The van der Waals surface area contributed by atoms with Crippen LogP contribution < -0.4 is 10.0 Å². The fourth-order valence-corrected chi connectivity index (χ4v) is 4.40. The number of nitrogens with one attached hydrogen (secondary N) is 2. The van der Waals surface area contributed by atoms with E-state index in [-0.39, 0.29) is 33.8 Å². The summed E-state index contributed by atoms with van der Waals surface area (Å²) < 4.78 is 46.7. The number of aryl methyl sites for hydroxylation is 1. The van der Waals surface area contributed by atoms with Gasteiger partial charge in [-0.3, -0.25) is 4.79 Å². The third-order valence-electron chi connectivity index (χ3n) is 4.44. The van der Waals surface area contributed by atoms with Gasteiger partial charge >= 0.3 is 0 Å². The predicted octanol–water partition coefficient (Wildman–Crippen LogP) is 3.50. The van der Waals surface area contributed by atoms with Gasteiger partial charge in [0.1, 0.15) is 10.7 Å². The van der Waals surface area contributed by atoms with E-state index in [2.05, 4.69) is 10.0 Å². The molecule has 0 spiro atoms. The van der Waals surface area contributed by atoms with E-state index >= 15 is 0 Å². The van der Waals surface area contributed by atoms with Gasteiger partial charge in [0.25, 0.3) is 5.91 Å². The number of anilines is 1. The molecule has 28 heavy (non-hydrogen) atoms. The van der Waals surface area contributed by atoms with Crippen molar-refractivity contribution in [3.63, 3.8) is 0 Å². The van der Waals surface area contributed by atoms with E-state index in [0.29, 0.717) is 12.2 Å². The summed E-state index contributed by atoms with van der Waals surface area (Å²) in [6.45, 7) is 2.36. The highest BCUT2D eigenvalue weighted by atomic mass is 35.5. The van der Waals surface area contributed by atoms with Gasteiger partial charge in [-0.2, -0.15) is 0 Å². The summed E-state index contributed by atoms with van der Waals surface area (Å²) in [4.78, 5) is 12.3. The van der Waals surface area contributed by atoms with Gasteiger partial charge < -0.3 is 10.1 Å². The standard InChI is InChI=1S/C19H20ClFN2O4S/c1-12-4-6-14(10-17(12)21)23-19(24)13-5-7-16(20)18(9-13)28(25,26)22-11-15-3-2-8-27-15/h4-7,9-10,15,22H,2-3,8,11H2,1H3,(H,23,24). The minimum absolute atomic E-state index is 0.00206. The first-order chi connectivity index (χ1) is 13.3. The Morgan fingerprint density at radius 1 is 1.29 bits per heavy atom. The fourth-order valence-electron chi connectivity index (χ4n) is 2.81. The average Bonchev–Trinajstić information content (AvgIpc) is 3.17. The Labute approximate surface area is 168 Å². The monoisotopic (exact) mass is 426 g/mol. The summed E-state index contributed by atoms with van der Waals surface area (Å²) >= 11 is 6.05. The van der Waals surface area contributed by atoms with E-state index in [1.807, 2.05) is 0 Å². The van der Waals surface area contributed by atoms with Crippen molar-refractivity contribution in [3.05, 3.63) is 58.4 Å². The Bertz CT molecular complexity index is 991. The third-order valence-corrected chi connectivity index (χ3v) is 6.34. The maximum atomic E-state index is 13.7. The van der Waals surface area contributed by atoms with Crippen LogP contribution in [0, 0.1) is 12.7 Å². The second kappa shape index (κ2) is 8.57. The maximum Gasteiger partial charge on any atom is 0.255 e. The topological polar surface area (TPSA) is 84.5 Å². The molecule has 1 saturated heterocycles. The number of sulfonamides is 1. The van der Waals surface area contributed by atoms with Gasteiger partial charge in [0.2, 0.25) is 10.0 Å². The van der Waals surface area contributed by atoms with Crippen molar-refractivity contribution in [1.82, 2.24) is 4.72 Å². The van der Waals surface area contributed by atoms with Gasteiger partial charge in [0, 0.05) is 24.4 Å². The summed E-state index contributed by atoms with van der Waals surface area (Å²) in [6.07, 6.45) is 1.50. The minimum Gasteiger partial charge on any atom is -0.377 e. The molecular formula is C19H20ClFN2O4S. The number of hydrogen-bond donors (Lipinski definition) is 2. The van der Waals surface area contributed by atoms with Crippen LogP contribution in [0.3, 0.4) is 0 Å². The van der Waals surface area contributed by atoms with Crippen molar-refractivity contribution in [2.45, 2.75) is 30.8 Å². The lowest BCUT2D eigenvalue weighted by atomic mass is 10.2. The SMILES string of the molecule is Cc1ccc(NC(=O)c2ccc(Cl)c(S(=O)(=O)NCC3CCCO3)c2)cc1F. The van der Waals surface area contributed by atoms with Crippen molar-refractivity contribution in [1.29, 1.82) is 0 Å². The molecule has 0 aromatic heterocycles. The molecule has 3 rings (SSSR count). The number of rotatable bonds is 6. The molecule has 150 valence electrons. The smallest absolute Gasteiger partial charge is 0.255 e. The van der Waals surface area contributed by atoms with Gasteiger partial charge in [-0.1, -0.05) is 17.7 Å². The molecule has 1 aliphatic heterocycles. The number of hydrogen-bond acceptors (Lipinski definition) is 4. The molecule has 9 heteroatoms. The highest BCUT2D eigenvalue weighted by Crippen LogP contribution is 2.24. The van der Waals surface area contributed by atoms with Crippen molar-refractivity contribution >= 4 is 33.2 Å². The zero-order valence-corrected chi connectivity index (χ0v) is 16.7. The van der Waals surface area contributed by atoms with Crippen molar-refractivity contribution in [3.8, 4) is 0 Å². The Kier molecular flexibility index (Phi) is 6.34. The highest BCUT2D eigenvalue weighted by Gasteiger charge is 2.23. The Hall–Kier alpha value is -2.00. The van der Waals surface area contributed by atoms with Crippen LogP contribution in [0.4, 0.5) is 10.1 Å². The summed E-state index contributed by atoms with van der Waals surface area (Å²) in [7, 11) is -3.92. The van der Waals surface area contributed by atoms with Crippen molar-refractivity contribution < 1.29 is 22.3 Å². The molecule has 1 fully saturated rings. The molecule has 6 nitrogen and oxygen atoms in total. The Balaban J connectivity index is 1.77. The molecule has 1 aliphatic rings. The molecule has 2 aromatic rings. The van der Waals surface area contributed by atoms with E-state index in [9.17, 15) is 17.6 Å². The van der Waals surface area contributed by atoms with Crippen LogP contribution in [0.1, 0.15) is 28.8 Å². The Morgan fingerprint density at radius 2 is 2.07 bits per heavy atom. The molecule has 0 radical (unpaired) electrons. The van der Waals surface area contributed by atoms with Gasteiger partial charge in [-0.25, -0.2) is 17.5 Å². The summed E-state index contributed by atoms with van der Waals surface area (Å²) in [6, 6.07) is 8.24. The van der Waals surface area contributed by atoms with E-state index in [1.165, 1.54) is 30.3 Å². The highest BCUT2D eigenvalue weighted by molar-refractivity contribution is 7.89. The third kappa shape index (κ3) is 4.88. The molecule has 0 aliphatic carbocycles. The first-order valence-corrected chi connectivity index (χ1v) is 10.6. The molecule has 1 amide bonds. The van der Waals surface area contributed by atoms with Gasteiger partial charge in [-0.05, 0) is 55.7 Å². The van der Waals surface area contributed by atoms with E-state index in [1.54, 1.807) is 13.0 Å². The first-order valence-electron chi connectivity index (χ1n) is 8.74. The zero-order chi connectivity index (χ0) is 20.3. The predicted molar refractivity (Wildman–Crippen MR) is 105 cm³/mol. The van der Waals surface area contributed by atoms with Gasteiger partial charge in [-0.15, -0.1) is 0 Å². The van der Waals surface area contributed by atoms with Crippen LogP contribution in [0.2, 0.25) is 5.02 Å². The van der Waals surface area contributed by atoms with Crippen molar-refractivity contribution in [2.24, 2.45) is 0 Å². The van der Waals surface area contributed by atoms with Crippen LogP contribution in [-0.4, -0.2) is 33.6 Å². The van der Waals surface area contributed by atoms with E-state index < -0.39 is 21.7 Å². The largest absolute Gasteiger partial charge is 0.377 e. The molecule has 1 atom stereocenters. The lowest BCUT2D eigenvalue weighted by Gasteiger charge is -2.13. The lowest BCUT2D eigenvalue weighted by molar-refractivity contribution is 0.102. The fraction of sp³-hybridized carbons (Fsp3) is 0.316. The maximum absolute atomic E-state index is 13.7. The number of carbonyl (C=O) groups is 1. The number of benzene rings is 2. The average molecular weight is 427 g/mol. The van der Waals surface area contributed by atoms with Crippen LogP contribution in [0.25, 0.3) is 0 Å². The molecule has 2 N–H and O–H groups in total. The number of halogens is 2. The Morgan fingerprint density at radius 3 is 2.75 bits per heavy atom. The van der Waals surface area contributed by atoms with Gasteiger partial charge in [0.15, 0.2) is 0 Å². The molecular weight excluding hydrogens is 407 g/mol. The number of ether oxygens (including phenoxy) is 1. The quantitative estimate of drug-likeness (QED) is 0.740. The summed E-state index contributed by atoms with van der Waals surface area (Å²) in [5.74, 6) is -1.02. The second-order valence-corrected chi connectivity index (χ2v) is 8.69. The van der Waals surface area contributed by atoms with E-state index in [0.717, 1.165) is 12.8 Å². The van der Waals surface area contributed by atoms with Crippen LogP contribution in [0.15, 0.2) is 41.3 Å². The normalized spacial score (nSPS) is 16.9. The lowest BCUT2D eigenvalue weighted by Crippen LogP contribution is -2.32. The summed E-state index contributed by atoms with van der Waals surface area (Å²) in [5, 5.41) is 2.54. The van der Waals surface area contributed by atoms with E-state index in [4.69, 9.17) is 16.3 Å². The van der Waals surface area contributed by atoms with Gasteiger partial charge in [0.05, 0.1) is 11.1 Å². The zero-order valence-electron chi connectivity index (χ0n) is 15.2. The molecule has 0 bridgehead atoms. The first kappa shape index (κ1) is 20.7. The molecule has 1 heterocycles. The summed E-state index contributed by atoms with van der Waals surface area (Å²) in [5.41, 5.74) is 0.807. The van der Waals surface area contributed by atoms with Crippen LogP contribution in [0.5, 0.6) is 0 Å². The van der Waals surface area contributed by atoms with Crippen LogP contribution in [-0.2, 0) is 14.8 Å². The van der Waals surface area contributed by atoms with Crippen LogP contribution >= 0.6 is 11.6 Å². The number of amides is 1. The molecule has 1 unspecified atom stereocenters. The van der Waals surface area contributed by atoms with Crippen molar-refractivity contribution in [2.75, 3.05) is 18.5 Å².